The predicted molar refractivity (Wildman–Crippen MR) is 127 cm³/mol. The molecule has 1 aromatic heterocycles. The molecule has 0 fully saturated rings. The van der Waals surface area contributed by atoms with Crippen molar-refractivity contribution in [2.45, 2.75) is 23.8 Å². The van der Waals surface area contributed by atoms with E-state index in [9.17, 15) is 9.59 Å². The van der Waals surface area contributed by atoms with Crippen molar-refractivity contribution in [3.63, 3.8) is 0 Å². The third-order valence-corrected chi connectivity index (χ3v) is 6.48. The molecule has 4 rings (SSSR count). The molecule has 1 amide bonds. The van der Waals surface area contributed by atoms with Gasteiger partial charge in [0.1, 0.15) is 0 Å². The van der Waals surface area contributed by atoms with Crippen LogP contribution in [0.2, 0.25) is 0 Å². The van der Waals surface area contributed by atoms with E-state index < -0.39 is 5.25 Å². The minimum atomic E-state index is -0.403. The van der Waals surface area contributed by atoms with Gasteiger partial charge in [0, 0.05) is 18.4 Å². The summed E-state index contributed by atoms with van der Waals surface area (Å²) in [7, 11) is 1.70. The number of carbonyl (C=O) groups is 1. The fourth-order valence-electron chi connectivity index (χ4n) is 3.44. The van der Waals surface area contributed by atoms with Crippen molar-refractivity contribution in [3.05, 3.63) is 95.3 Å². The summed E-state index contributed by atoms with van der Waals surface area (Å²) in [4.78, 5) is 32.9. The first-order valence-corrected chi connectivity index (χ1v) is 11.0. The number of carbonyl (C=O) groups excluding carboxylic acids is 1. The Morgan fingerprint density at radius 2 is 1.48 bits per heavy atom. The molecule has 0 radical (unpaired) electrons. The van der Waals surface area contributed by atoms with Crippen molar-refractivity contribution >= 4 is 39.9 Å². The molecule has 0 saturated heterocycles. The summed E-state index contributed by atoms with van der Waals surface area (Å²) in [6.45, 7) is 1.98. The number of aromatic nitrogens is 2. The molecule has 31 heavy (non-hydrogen) atoms. The minimum absolute atomic E-state index is 0.0488. The van der Waals surface area contributed by atoms with Gasteiger partial charge in [-0.25, -0.2) is 4.98 Å². The molecule has 5 nitrogen and oxygen atoms in total. The molecule has 0 N–H and O–H groups in total. The zero-order valence-electron chi connectivity index (χ0n) is 17.4. The Hall–Kier alpha value is -3.38. The van der Waals surface area contributed by atoms with E-state index in [4.69, 9.17) is 0 Å². The topological polar surface area (TPSA) is 55.2 Å². The maximum absolute atomic E-state index is 13.7. The normalized spacial score (nSPS) is 11.9. The van der Waals surface area contributed by atoms with Crippen LogP contribution >= 0.6 is 11.8 Å². The van der Waals surface area contributed by atoms with Crippen LogP contribution < -0.4 is 10.5 Å². The van der Waals surface area contributed by atoms with E-state index in [0.29, 0.717) is 22.5 Å². The number of thioether (sulfide) groups is 1. The van der Waals surface area contributed by atoms with Crippen LogP contribution in [0, 0.1) is 0 Å². The highest BCUT2D eigenvalue weighted by Gasteiger charge is 2.28. The third kappa shape index (κ3) is 4.25. The second kappa shape index (κ2) is 9.18. The molecular weight excluding hydrogens is 406 g/mol. The quantitative estimate of drug-likeness (QED) is 0.313. The van der Waals surface area contributed by atoms with Crippen molar-refractivity contribution in [1.29, 1.82) is 0 Å². The lowest BCUT2D eigenvalue weighted by Gasteiger charge is -2.27. The van der Waals surface area contributed by atoms with Crippen molar-refractivity contribution in [2.24, 2.45) is 7.05 Å². The SMILES string of the molecule is CCC(Sc1nc2ccccc2c(=O)n1C)C(=O)N(c1ccccc1)c1ccccc1. The van der Waals surface area contributed by atoms with Crippen LogP contribution in [0.5, 0.6) is 0 Å². The largest absolute Gasteiger partial charge is 0.290 e. The fourth-order valence-corrected chi connectivity index (χ4v) is 4.46. The highest BCUT2D eigenvalue weighted by atomic mass is 32.2. The number of hydrogen-bond acceptors (Lipinski definition) is 4. The molecule has 0 spiro atoms. The zero-order chi connectivity index (χ0) is 21.8. The van der Waals surface area contributed by atoms with E-state index in [0.717, 1.165) is 11.4 Å². The third-order valence-electron chi connectivity index (χ3n) is 5.09. The molecule has 0 bridgehead atoms. The van der Waals surface area contributed by atoms with Crippen LogP contribution in [0.25, 0.3) is 10.9 Å². The van der Waals surface area contributed by atoms with Gasteiger partial charge in [0.25, 0.3) is 5.56 Å². The summed E-state index contributed by atoms with van der Waals surface area (Å²) in [6.07, 6.45) is 0.600. The van der Waals surface area contributed by atoms with E-state index in [-0.39, 0.29) is 11.5 Å². The first kappa shape index (κ1) is 20.9. The minimum Gasteiger partial charge on any atom is -0.290 e. The van der Waals surface area contributed by atoms with Crippen LogP contribution in [-0.2, 0) is 11.8 Å². The van der Waals surface area contributed by atoms with Gasteiger partial charge >= 0.3 is 0 Å². The zero-order valence-corrected chi connectivity index (χ0v) is 18.3. The number of rotatable bonds is 6. The molecule has 0 aliphatic heterocycles. The van der Waals surface area contributed by atoms with E-state index >= 15 is 0 Å². The number of nitrogens with zero attached hydrogens (tertiary/aromatic N) is 3. The van der Waals surface area contributed by atoms with Gasteiger partial charge in [-0.15, -0.1) is 0 Å². The highest BCUT2D eigenvalue weighted by molar-refractivity contribution is 8.00. The fraction of sp³-hybridized carbons (Fsp3) is 0.160. The molecule has 4 aromatic rings. The van der Waals surface area contributed by atoms with Crippen molar-refractivity contribution in [3.8, 4) is 0 Å². The van der Waals surface area contributed by atoms with Crippen molar-refractivity contribution in [2.75, 3.05) is 4.90 Å². The molecule has 3 aromatic carbocycles. The molecule has 1 atom stereocenters. The molecule has 0 aliphatic rings. The Balaban J connectivity index is 1.73. The molecule has 1 unspecified atom stereocenters. The van der Waals surface area contributed by atoms with Gasteiger partial charge in [-0.2, -0.15) is 0 Å². The van der Waals surface area contributed by atoms with Gasteiger partial charge in [-0.1, -0.05) is 67.2 Å². The first-order chi connectivity index (χ1) is 15.1. The highest BCUT2D eigenvalue weighted by Crippen LogP contribution is 2.32. The number of para-hydroxylation sites is 3. The van der Waals surface area contributed by atoms with Gasteiger partial charge < -0.3 is 0 Å². The Morgan fingerprint density at radius 1 is 0.935 bits per heavy atom. The number of fused-ring (bicyclic) bond motifs is 1. The lowest BCUT2D eigenvalue weighted by Crippen LogP contribution is -2.34. The van der Waals surface area contributed by atoms with Crippen molar-refractivity contribution < 1.29 is 4.79 Å². The molecular formula is C25H23N3O2S. The van der Waals surface area contributed by atoms with Crippen LogP contribution in [0.15, 0.2) is 94.9 Å². The number of benzene rings is 3. The number of amides is 1. The molecule has 1 heterocycles. The van der Waals surface area contributed by atoms with Gasteiger partial charge in [0.05, 0.1) is 16.2 Å². The summed E-state index contributed by atoms with van der Waals surface area (Å²) >= 11 is 1.33. The van der Waals surface area contributed by atoms with E-state index in [2.05, 4.69) is 4.98 Å². The van der Waals surface area contributed by atoms with E-state index in [1.807, 2.05) is 85.8 Å². The van der Waals surface area contributed by atoms with Gasteiger partial charge in [-0.3, -0.25) is 19.1 Å². The second-order valence-corrected chi connectivity index (χ2v) is 8.31. The van der Waals surface area contributed by atoms with Crippen LogP contribution in [-0.4, -0.2) is 20.7 Å². The van der Waals surface area contributed by atoms with Gasteiger partial charge in [0.15, 0.2) is 5.16 Å². The maximum Gasteiger partial charge on any atom is 0.261 e. The molecule has 0 aliphatic carbocycles. The molecule has 0 saturated carbocycles. The van der Waals surface area contributed by atoms with Gasteiger partial charge in [0.2, 0.25) is 5.91 Å². The summed E-state index contributed by atoms with van der Waals surface area (Å²) in [5, 5.41) is 0.702. The smallest absolute Gasteiger partial charge is 0.261 e. The number of hydrogen-bond donors (Lipinski definition) is 0. The average Bonchev–Trinajstić information content (AvgIpc) is 2.82. The summed E-state index contributed by atoms with van der Waals surface area (Å²) in [5.74, 6) is -0.0488. The Morgan fingerprint density at radius 3 is 2.06 bits per heavy atom. The lowest BCUT2D eigenvalue weighted by molar-refractivity contribution is -0.117. The van der Waals surface area contributed by atoms with E-state index in [1.54, 1.807) is 18.0 Å². The maximum atomic E-state index is 13.7. The predicted octanol–water partition coefficient (Wildman–Crippen LogP) is 5.17. The first-order valence-electron chi connectivity index (χ1n) is 10.2. The molecule has 6 heteroatoms. The Bertz CT molecular complexity index is 1220. The van der Waals surface area contributed by atoms with Crippen molar-refractivity contribution in [1.82, 2.24) is 9.55 Å². The van der Waals surface area contributed by atoms with E-state index in [1.165, 1.54) is 16.3 Å². The lowest BCUT2D eigenvalue weighted by atomic mass is 10.2. The second-order valence-electron chi connectivity index (χ2n) is 7.14. The summed E-state index contributed by atoms with van der Waals surface area (Å²) in [6, 6.07) is 26.5. The average molecular weight is 430 g/mol. The Labute approximate surface area is 185 Å². The monoisotopic (exact) mass is 429 g/mol. The van der Waals surface area contributed by atoms with Gasteiger partial charge in [-0.05, 0) is 42.8 Å². The molecule has 156 valence electrons. The number of anilines is 2. The Kier molecular flexibility index (Phi) is 6.18. The standard InChI is InChI=1S/C25H23N3O2S/c1-3-22(31-25-26-21-17-11-10-16-20(21)23(29)27(25)2)24(30)28(18-12-6-4-7-13-18)19-14-8-5-9-15-19/h4-17,22H,3H2,1-2H3. The van der Waals surface area contributed by atoms with Crippen LogP contribution in [0.1, 0.15) is 13.3 Å². The van der Waals surface area contributed by atoms with Crippen LogP contribution in [0.4, 0.5) is 11.4 Å². The summed E-state index contributed by atoms with van der Waals surface area (Å²) < 4.78 is 1.53. The summed E-state index contributed by atoms with van der Waals surface area (Å²) in [5.41, 5.74) is 2.13. The van der Waals surface area contributed by atoms with Crippen LogP contribution in [0.3, 0.4) is 0 Å².